The Morgan fingerprint density at radius 2 is 0.447 bits per heavy atom. The van der Waals surface area contributed by atoms with Crippen LogP contribution in [0.25, 0.3) is 0 Å². The van der Waals surface area contributed by atoms with Gasteiger partial charge < -0.3 is 33.8 Å². The van der Waals surface area contributed by atoms with Crippen LogP contribution in [0.5, 0.6) is 0 Å². The second kappa shape index (κ2) is 75.5. The molecule has 0 aliphatic rings. The van der Waals surface area contributed by atoms with Gasteiger partial charge in [0, 0.05) is 25.7 Å². The lowest BCUT2D eigenvalue weighted by molar-refractivity contribution is -0.161. The highest BCUT2D eigenvalue weighted by atomic mass is 31.2. The standard InChI is InChI=1S/C84H164O17P2/c1-7-9-11-13-15-17-19-20-21-22-23-24-25-26-27-28-33-37-44-50-56-62-68-83(88)100-79(73-95-82(87)67-61-55-49-43-36-32-30-29-31-35-40-46-52-58-64-76(3)4)74-98-102(90,91)96-70-78(85)71-97-103(92,93)99-75-80(72-94-81(86)66-60-54-48-42-34-18-16-14-12-10-8-2)101-84(89)69-63-57-51-45-39-38-41-47-53-59-65-77(5)6/h76-80,85H,7-75H2,1-6H3,(H,90,91)(H,92,93)/t78-,79-,80-/m1/s1. The molecule has 0 aliphatic heterocycles. The highest BCUT2D eigenvalue weighted by Gasteiger charge is 2.30. The Hall–Kier alpha value is -1.94. The maximum Gasteiger partial charge on any atom is 0.472 e. The molecule has 612 valence electrons. The molecule has 0 aliphatic carbocycles. The average molecular weight is 1510 g/mol. The summed E-state index contributed by atoms with van der Waals surface area (Å²) in [5.41, 5.74) is 0. The number of aliphatic hydroxyl groups is 1. The fourth-order valence-electron chi connectivity index (χ4n) is 13.1. The van der Waals surface area contributed by atoms with Crippen LogP contribution in [-0.2, 0) is 65.4 Å². The molecular formula is C84H164O17P2. The Morgan fingerprint density at radius 3 is 0.660 bits per heavy atom. The Balaban J connectivity index is 5.22. The molecule has 5 atom stereocenters. The number of phosphoric acid groups is 2. The summed E-state index contributed by atoms with van der Waals surface area (Å²) in [5, 5.41) is 10.7. The molecule has 19 heteroatoms. The van der Waals surface area contributed by atoms with Gasteiger partial charge in [-0.3, -0.25) is 37.3 Å². The molecule has 0 rings (SSSR count). The van der Waals surface area contributed by atoms with E-state index in [1.807, 2.05) is 0 Å². The van der Waals surface area contributed by atoms with Crippen molar-refractivity contribution < 1.29 is 80.2 Å². The third-order valence-corrected chi connectivity index (χ3v) is 21.6. The Labute approximate surface area is 632 Å². The zero-order valence-electron chi connectivity index (χ0n) is 67.6. The molecule has 17 nitrogen and oxygen atoms in total. The van der Waals surface area contributed by atoms with Gasteiger partial charge in [-0.25, -0.2) is 9.13 Å². The number of unbranched alkanes of at least 4 members (excludes halogenated alkanes) is 53. The summed E-state index contributed by atoms with van der Waals surface area (Å²) in [6.07, 6.45) is 66.7. The second-order valence-corrected chi connectivity index (χ2v) is 34.1. The maximum atomic E-state index is 13.1. The van der Waals surface area contributed by atoms with E-state index in [2.05, 4.69) is 41.5 Å². The van der Waals surface area contributed by atoms with Crippen LogP contribution in [0, 0.1) is 11.8 Å². The summed E-state index contributed by atoms with van der Waals surface area (Å²) in [6, 6.07) is 0. The Bertz CT molecular complexity index is 1980. The van der Waals surface area contributed by atoms with Gasteiger partial charge in [0.25, 0.3) is 0 Å². The van der Waals surface area contributed by atoms with E-state index < -0.39 is 97.5 Å². The van der Waals surface area contributed by atoms with E-state index in [9.17, 15) is 43.2 Å². The minimum atomic E-state index is -4.96. The summed E-state index contributed by atoms with van der Waals surface area (Å²) in [7, 11) is -9.92. The van der Waals surface area contributed by atoms with Crippen molar-refractivity contribution in [2.24, 2.45) is 11.8 Å². The third kappa shape index (κ3) is 78.0. The number of carbonyl (C=O) groups is 4. The minimum absolute atomic E-state index is 0.106. The molecule has 0 fully saturated rings. The van der Waals surface area contributed by atoms with E-state index in [-0.39, 0.29) is 25.7 Å². The predicted octanol–water partition coefficient (Wildman–Crippen LogP) is 25.5. The van der Waals surface area contributed by atoms with Gasteiger partial charge in [0.2, 0.25) is 0 Å². The van der Waals surface area contributed by atoms with Crippen LogP contribution >= 0.6 is 15.6 Å². The Morgan fingerprint density at radius 1 is 0.262 bits per heavy atom. The molecule has 0 aromatic rings. The number of ether oxygens (including phenoxy) is 4. The van der Waals surface area contributed by atoms with Gasteiger partial charge in [-0.1, -0.05) is 395 Å². The SMILES string of the molecule is CCCCCCCCCCCCCCCCCCCCCCCCC(=O)O[C@H](COC(=O)CCCCCCCCCCCCCCCCC(C)C)COP(=O)(O)OC[C@@H](O)COP(=O)(O)OC[C@@H](COC(=O)CCCCCCCCCCCCC)OC(=O)CCCCCCCCCCCCC(C)C. The van der Waals surface area contributed by atoms with Crippen molar-refractivity contribution in [3.63, 3.8) is 0 Å². The molecule has 0 aromatic carbocycles. The molecule has 0 saturated carbocycles. The number of carbonyl (C=O) groups excluding carboxylic acids is 4. The maximum absolute atomic E-state index is 13.1. The van der Waals surface area contributed by atoms with E-state index in [0.29, 0.717) is 25.7 Å². The van der Waals surface area contributed by atoms with Gasteiger partial charge in [-0.05, 0) is 37.5 Å². The number of phosphoric ester groups is 2. The van der Waals surface area contributed by atoms with Crippen LogP contribution in [0.15, 0.2) is 0 Å². The van der Waals surface area contributed by atoms with E-state index in [1.54, 1.807) is 0 Å². The van der Waals surface area contributed by atoms with E-state index in [4.69, 9.17) is 37.0 Å². The second-order valence-electron chi connectivity index (χ2n) is 31.2. The molecule has 0 amide bonds. The van der Waals surface area contributed by atoms with Gasteiger partial charge in [-0.2, -0.15) is 0 Å². The first kappa shape index (κ1) is 101. The smallest absolute Gasteiger partial charge is 0.462 e. The molecule has 0 spiro atoms. The fraction of sp³-hybridized carbons (Fsp3) is 0.952. The first-order valence-corrected chi connectivity index (χ1v) is 46.5. The quantitative estimate of drug-likeness (QED) is 0.0222. The van der Waals surface area contributed by atoms with Crippen molar-refractivity contribution in [3.05, 3.63) is 0 Å². The third-order valence-electron chi connectivity index (χ3n) is 19.7. The minimum Gasteiger partial charge on any atom is -0.462 e. The van der Waals surface area contributed by atoms with Gasteiger partial charge in [0.05, 0.1) is 26.4 Å². The molecule has 0 saturated heterocycles. The molecular weight excluding hydrogens is 1340 g/mol. The lowest BCUT2D eigenvalue weighted by Gasteiger charge is -2.21. The summed E-state index contributed by atoms with van der Waals surface area (Å²) < 4.78 is 68.8. The molecule has 0 radical (unpaired) electrons. The number of aliphatic hydroxyl groups excluding tert-OH is 1. The van der Waals surface area contributed by atoms with Crippen molar-refractivity contribution in [1.82, 2.24) is 0 Å². The van der Waals surface area contributed by atoms with Crippen molar-refractivity contribution >= 4 is 39.5 Å². The number of esters is 4. The highest BCUT2D eigenvalue weighted by molar-refractivity contribution is 7.47. The zero-order chi connectivity index (χ0) is 75.6. The number of rotatable bonds is 83. The van der Waals surface area contributed by atoms with Crippen molar-refractivity contribution in [1.29, 1.82) is 0 Å². The van der Waals surface area contributed by atoms with Gasteiger partial charge in [-0.15, -0.1) is 0 Å². The van der Waals surface area contributed by atoms with E-state index in [0.717, 1.165) is 102 Å². The van der Waals surface area contributed by atoms with Crippen molar-refractivity contribution in [2.45, 2.75) is 464 Å². The van der Waals surface area contributed by atoms with Crippen LogP contribution in [0.3, 0.4) is 0 Å². The monoisotopic (exact) mass is 1510 g/mol. The van der Waals surface area contributed by atoms with Crippen LogP contribution in [0.1, 0.15) is 446 Å². The van der Waals surface area contributed by atoms with Crippen molar-refractivity contribution in [2.75, 3.05) is 39.6 Å². The van der Waals surface area contributed by atoms with E-state index >= 15 is 0 Å². The molecule has 0 bridgehead atoms. The lowest BCUT2D eigenvalue weighted by atomic mass is 10.0. The van der Waals surface area contributed by atoms with Gasteiger partial charge in [0.1, 0.15) is 19.3 Å². The number of hydrogen-bond acceptors (Lipinski definition) is 15. The molecule has 2 unspecified atom stereocenters. The van der Waals surface area contributed by atoms with Crippen LogP contribution in [0.2, 0.25) is 0 Å². The van der Waals surface area contributed by atoms with Crippen LogP contribution in [-0.4, -0.2) is 96.7 Å². The molecule has 0 aromatic heterocycles. The van der Waals surface area contributed by atoms with E-state index in [1.165, 1.54) is 263 Å². The van der Waals surface area contributed by atoms with Crippen molar-refractivity contribution in [3.8, 4) is 0 Å². The summed E-state index contributed by atoms with van der Waals surface area (Å²) in [5.74, 6) is -0.554. The highest BCUT2D eigenvalue weighted by Crippen LogP contribution is 2.45. The summed E-state index contributed by atoms with van der Waals surface area (Å²) in [6.45, 7) is 9.66. The molecule has 0 heterocycles. The first-order chi connectivity index (χ1) is 49.9. The molecule has 3 N–H and O–H groups in total. The van der Waals surface area contributed by atoms with Crippen LogP contribution in [0.4, 0.5) is 0 Å². The average Bonchev–Trinajstić information content (AvgIpc) is 0.918. The topological polar surface area (TPSA) is 237 Å². The first-order valence-electron chi connectivity index (χ1n) is 43.5. The normalized spacial score (nSPS) is 13.9. The number of hydrogen-bond donors (Lipinski definition) is 3. The van der Waals surface area contributed by atoms with Gasteiger partial charge in [0.15, 0.2) is 12.2 Å². The Kier molecular flexibility index (Phi) is 74.1. The summed E-state index contributed by atoms with van der Waals surface area (Å²) in [4.78, 5) is 73.1. The largest absolute Gasteiger partial charge is 0.472 e. The van der Waals surface area contributed by atoms with Gasteiger partial charge >= 0.3 is 39.5 Å². The lowest BCUT2D eigenvalue weighted by Crippen LogP contribution is -2.30. The summed E-state index contributed by atoms with van der Waals surface area (Å²) >= 11 is 0. The predicted molar refractivity (Wildman–Crippen MR) is 423 cm³/mol. The molecule has 103 heavy (non-hydrogen) atoms. The van der Waals surface area contributed by atoms with Crippen LogP contribution < -0.4 is 0 Å². The fourth-order valence-corrected chi connectivity index (χ4v) is 14.6. The zero-order valence-corrected chi connectivity index (χ0v) is 69.4.